The predicted octanol–water partition coefficient (Wildman–Crippen LogP) is 2.61. The lowest BCUT2D eigenvalue weighted by atomic mass is 10.00. The van der Waals surface area contributed by atoms with Crippen molar-refractivity contribution in [2.45, 2.75) is 38.6 Å². The second-order valence-corrected chi connectivity index (χ2v) is 6.02. The van der Waals surface area contributed by atoms with Gasteiger partial charge < -0.3 is 9.64 Å². The molecule has 0 aliphatic carbocycles. The quantitative estimate of drug-likeness (QED) is 0.870. The molecule has 0 bridgehead atoms. The van der Waals surface area contributed by atoms with Gasteiger partial charge >= 0.3 is 0 Å². The normalized spacial score (nSPS) is 19.3. The molecule has 2 heterocycles. The highest BCUT2D eigenvalue weighted by molar-refractivity contribution is 5.37. The van der Waals surface area contributed by atoms with Crippen LogP contribution in [-0.4, -0.2) is 46.4 Å². The van der Waals surface area contributed by atoms with Crippen molar-refractivity contribution in [1.82, 2.24) is 19.7 Å². The molecule has 1 unspecified atom stereocenters. The minimum absolute atomic E-state index is 0.564. The summed E-state index contributed by atoms with van der Waals surface area (Å²) in [6, 6.07) is 8.54. The first-order chi connectivity index (χ1) is 10.7. The van der Waals surface area contributed by atoms with Crippen LogP contribution in [-0.2, 0) is 6.42 Å². The topological polar surface area (TPSA) is 43.2 Å². The molecule has 0 saturated carbocycles. The minimum atomic E-state index is 0.564. The van der Waals surface area contributed by atoms with E-state index >= 15 is 0 Å². The van der Waals surface area contributed by atoms with Crippen LogP contribution in [0.3, 0.4) is 0 Å². The highest BCUT2D eigenvalue weighted by atomic mass is 16.5. The van der Waals surface area contributed by atoms with E-state index < -0.39 is 0 Å². The fourth-order valence-electron chi connectivity index (χ4n) is 3.13. The summed E-state index contributed by atoms with van der Waals surface area (Å²) in [5.41, 5.74) is 1.04. The van der Waals surface area contributed by atoms with Gasteiger partial charge in [-0.25, -0.2) is 9.67 Å². The lowest BCUT2D eigenvalue weighted by Crippen LogP contribution is -2.38. The molecule has 1 aliphatic rings. The standard InChI is InChI=1S/C17H24N4O/c1-13-18-17(12-15-6-4-5-11-20(15)2)21(19-13)14-7-9-16(22-3)10-8-14/h7-10,15H,4-6,11-12H2,1-3H3. The van der Waals surface area contributed by atoms with Gasteiger partial charge in [0.25, 0.3) is 0 Å². The number of aryl methyl sites for hydroxylation is 1. The van der Waals surface area contributed by atoms with Gasteiger partial charge in [0.15, 0.2) is 0 Å². The molecule has 5 nitrogen and oxygen atoms in total. The number of likely N-dealkylation sites (tertiary alicyclic amines) is 1. The Balaban J connectivity index is 1.85. The van der Waals surface area contributed by atoms with Gasteiger partial charge in [0.2, 0.25) is 0 Å². The molecule has 1 aromatic carbocycles. The Morgan fingerprint density at radius 1 is 1.23 bits per heavy atom. The minimum Gasteiger partial charge on any atom is -0.497 e. The summed E-state index contributed by atoms with van der Waals surface area (Å²) in [6.45, 7) is 3.13. The third-order valence-electron chi connectivity index (χ3n) is 4.44. The molecule has 1 fully saturated rings. The molecule has 1 saturated heterocycles. The van der Waals surface area contributed by atoms with E-state index in [1.165, 1.54) is 25.8 Å². The average Bonchev–Trinajstić information content (AvgIpc) is 2.90. The number of methoxy groups -OCH3 is 1. The number of hydrogen-bond acceptors (Lipinski definition) is 4. The number of aromatic nitrogens is 3. The first-order valence-electron chi connectivity index (χ1n) is 7.94. The lowest BCUT2D eigenvalue weighted by molar-refractivity contribution is 0.182. The van der Waals surface area contributed by atoms with Crippen molar-refractivity contribution in [1.29, 1.82) is 0 Å². The zero-order valence-corrected chi connectivity index (χ0v) is 13.6. The van der Waals surface area contributed by atoms with Crippen LogP contribution < -0.4 is 4.74 Å². The van der Waals surface area contributed by atoms with Crippen LogP contribution in [0.15, 0.2) is 24.3 Å². The SMILES string of the molecule is COc1ccc(-n2nc(C)nc2CC2CCCCN2C)cc1. The van der Waals surface area contributed by atoms with Crippen LogP contribution in [0, 0.1) is 6.92 Å². The fraction of sp³-hybridized carbons (Fsp3) is 0.529. The van der Waals surface area contributed by atoms with E-state index in [0.29, 0.717) is 6.04 Å². The summed E-state index contributed by atoms with van der Waals surface area (Å²) in [4.78, 5) is 7.10. The van der Waals surface area contributed by atoms with Crippen LogP contribution in [0.25, 0.3) is 5.69 Å². The van der Waals surface area contributed by atoms with E-state index in [2.05, 4.69) is 22.0 Å². The van der Waals surface area contributed by atoms with Gasteiger partial charge in [0.1, 0.15) is 17.4 Å². The number of nitrogens with zero attached hydrogens (tertiary/aromatic N) is 4. The van der Waals surface area contributed by atoms with Crippen molar-refractivity contribution >= 4 is 0 Å². The van der Waals surface area contributed by atoms with Crippen LogP contribution in [0.5, 0.6) is 5.75 Å². The maximum atomic E-state index is 5.22. The molecule has 5 heteroatoms. The summed E-state index contributed by atoms with van der Waals surface area (Å²) in [6.07, 6.45) is 4.80. The molecular weight excluding hydrogens is 276 g/mol. The highest BCUT2D eigenvalue weighted by Crippen LogP contribution is 2.21. The summed E-state index contributed by atoms with van der Waals surface area (Å²) in [7, 11) is 3.89. The molecule has 1 atom stereocenters. The number of piperidine rings is 1. The molecule has 3 rings (SSSR count). The van der Waals surface area contributed by atoms with Gasteiger partial charge in [-0.05, 0) is 57.6 Å². The lowest BCUT2D eigenvalue weighted by Gasteiger charge is -2.32. The van der Waals surface area contributed by atoms with Crippen LogP contribution in [0.4, 0.5) is 0 Å². The van der Waals surface area contributed by atoms with Gasteiger partial charge in [-0.1, -0.05) is 6.42 Å². The fourth-order valence-corrected chi connectivity index (χ4v) is 3.13. The van der Waals surface area contributed by atoms with E-state index in [-0.39, 0.29) is 0 Å². The van der Waals surface area contributed by atoms with Crippen molar-refractivity contribution in [2.75, 3.05) is 20.7 Å². The van der Waals surface area contributed by atoms with Crippen molar-refractivity contribution < 1.29 is 4.74 Å². The average molecular weight is 300 g/mol. The Kier molecular flexibility index (Phi) is 4.43. The van der Waals surface area contributed by atoms with Gasteiger partial charge in [-0.3, -0.25) is 0 Å². The predicted molar refractivity (Wildman–Crippen MR) is 86.6 cm³/mol. The first-order valence-corrected chi connectivity index (χ1v) is 7.94. The van der Waals surface area contributed by atoms with Crippen molar-refractivity contribution in [2.24, 2.45) is 0 Å². The summed E-state index contributed by atoms with van der Waals surface area (Å²) in [5.74, 6) is 2.72. The Bertz CT molecular complexity index is 620. The maximum Gasteiger partial charge on any atom is 0.148 e. The van der Waals surface area contributed by atoms with E-state index in [0.717, 1.165) is 29.5 Å². The third kappa shape index (κ3) is 3.14. The van der Waals surface area contributed by atoms with Gasteiger partial charge in [0, 0.05) is 12.5 Å². The van der Waals surface area contributed by atoms with Gasteiger partial charge in [-0.15, -0.1) is 0 Å². The van der Waals surface area contributed by atoms with Gasteiger partial charge in [-0.2, -0.15) is 5.10 Å². The molecule has 22 heavy (non-hydrogen) atoms. The second kappa shape index (κ2) is 6.48. The Hall–Kier alpha value is -1.88. The van der Waals surface area contributed by atoms with Crippen molar-refractivity contribution in [3.63, 3.8) is 0 Å². The third-order valence-corrected chi connectivity index (χ3v) is 4.44. The van der Waals surface area contributed by atoms with Crippen molar-refractivity contribution in [3.8, 4) is 11.4 Å². The molecule has 0 N–H and O–H groups in total. The van der Waals surface area contributed by atoms with Crippen LogP contribution in [0.1, 0.15) is 30.9 Å². The number of rotatable bonds is 4. The van der Waals surface area contributed by atoms with Crippen LogP contribution in [0.2, 0.25) is 0 Å². The molecule has 0 spiro atoms. The molecule has 0 amide bonds. The zero-order valence-electron chi connectivity index (χ0n) is 13.6. The number of benzene rings is 1. The molecule has 2 aromatic rings. The number of ether oxygens (including phenoxy) is 1. The van der Waals surface area contributed by atoms with E-state index in [4.69, 9.17) is 4.74 Å². The summed E-state index contributed by atoms with van der Waals surface area (Å²) < 4.78 is 7.19. The monoisotopic (exact) mass is 300 g/mol. The number of likely N-dealkylation sites (N-methyl/N-ethyl adjacent to an activating group) is 1. The zero-order chi connectivity index (χ0) is 15.5. The molecule has 1 aliphatic heterocycles. The Morgan fingerprint density at radius 3 is 2.68 bits per heavy atom. The molecule has 0 radical (unpaired) electrons. The maximum absolute atomic E-state index is 5.22. The van der Waals surface area contributed by atoms with Gasteiger partial charge in [0.05, 0.1) is 12.8 Å². The molecule has 1 aromatic heterocycles. The summed E-state index contributed by atoms with van der Waals surface area (Å²) >= 11 is 0. The van der Waals surface area contributed by atoms with E-state index in [1.807, 2.05) is 35.9 Å². The van der Waals surface area contributed by atoms with Crippen molar-refractivity contribution in [3.05, 3.63) is 35.9 Å². The Labute approximate surface area is 131 Å². The second-order valence-electron chi connectivity index (χ2n) is 6.02. The molecule has 118 valence electrons. The summed E-state index contributed by atoms with van der Waals surface area (Å²) in [5, 5.41) is 4.57. The highest BCUT2D eigenvalue weighted by Gasteiger charge is 2.22. The number of hydrogen-bond donors (Lipinski definition) is 0. The largest absolute Gasteiger partial charge is 0.497 e. The van der Waals surface area contributed by atoms with Crippen LogP contribution >= 0.6 is 0 Å². The van der Waals surface area contributed by atoms with E-state index in [1.54, 1.807) is 7.11 Å². The molecular formula is C17H24N4O. The van der Waals surface area contributed by atoms with E-state index in [9.17, 15) is 0 Å². The smallest absolute Gasteiger partial charge is 0.148 e. The Morgan fingerprint density at radius 2 is 2.00 bits per heavy atom. The first kappa shape index (κ1) is 15.0.